The van der Waals surface area contributed by atoms with E-state index in [0.717, 1.165) is 17.7 Å². The Morgan fingerprint density at radius 2 is 2.29 bits per heavy atom. The van der Waals surface area contributed by atoms with Crippen LogP contribution in [-0.4, -0.2) is 43.2 Å². The number of nitrogens with zero attached hydrogens (tertiary/aromatic N) is 1. The van der Waals surface area contributed by atoms with Gasteiger partial charge in [0.2, 0.25) is 5.91 Å². The van der Waals surface area contributed by atoms with Crippen molar-refractivity contribution in [2.45, 2.75) is 19.4 Å². The molecule has 1 atom stereocenters. The standard InChI is InChI=1S/C15H21N3O2S/c1-2-7-17-15(19)13-10-20-9-8-18(13)12-6-4-3-5-11(12)14(16)21/h3-6,13H,2,7-10H2,1H3,(H2,16,21)(H,17,19). The highest BCUT2D eigenvalue weighted by Crippen LogP contribution is 2.24. The van der Waals surface area contributed by atoms with Crippen LogP contribution in [-0.2, 0) is 9.53 Å². The van der Waals surface area contributed by atoms with E-state index in [9.17, 15) is 4.79 Å². The predicted octanol–water partition coefficient (Wildman–Crippen LogP) is 1.05. The zero-order valence-corrected chi connectivity index (χ0v) is 13.0. The van der Waals surface area contributed by atoms with Gasteiger partial charge in [0.05, 0.1) is 13.2 Å². The lowest BCUT2D eigenvalue weighted by Crippen LogP contribution is -2.54. The third-order valence-electron chi connectivity index (χ3n) is 3.46. The van der Waals surface area contributed by atoms with Crippen LogP contribution in [0, 0.1) is 0 Å². The normalized spacial score (nSPS) is 18.3. The molecule has 0 spiro atoms. The van der Waals surface area contributed by atoms with Crippen LogP contribution in [0.25, 0.3) is 0 Å². The molecular weight excluding hydrogens is 286 g/mol. The number of anilines is 1. The zero-order valence-electron chi connectivity index (χ0n) is 12.2. The van der Waals surface area contributed by atoms with E-state index < -0.39 is 0 Å². The monoisotopic (exact) mass is 307 g/mol. The first-order valence-electron chi connectivity index (χ1n) is 7.16. The number of rotatable bonds is 5. The lowest BCUT2D eigenvalue weighted by molar-refractivity contribution is -0.124. The van der Waals surface area contributed by atoms with Crippen molar-refractivity contribution in [2.24, 2.45) is 5.73 Å². The van der Waals surface area contributed by atoms with Gasteiger partial charge < -0.3 is 20.7 Å². The Balaban J connectivity index is 2.26. The van der Waals surface area contributed by atoms with Gasteiger partial charge in [-0.2, -0.15) is 0 Å². The number of nitrogens with two attached hydrogens (primary N) is 1. The highest BCUT2D eigenvalue weighted by Gasteiger charge is 2.30. The molecule has 5 nitrogen and oxygen atoms in total. The van der Waals surface area contributed by atoms with Crippen LogP contribution in [0.15, 0.2) is 24.3 Å². The van der Waals surface area contributed by atoms with Gasteiger partial charge in [-0.15, -0.1) is 0 Å². The fraction of sp³-hybridized carbons (Fsp3) is 0.467. The molecule has 114 valence electrons. The highest BCUT2D eigenvalue weighted by molar-refractivity contribution is 7.80. The summed E-state index contributed by atoms with van der Waals surface area (Å²) in [5.74, 6) is -0.0192. The van der Waals surface area contributed by atoms with Gasteiger partial charge in [0, 0.05) is 24.3 Å². The Labute approximate surface area is 130 Å². The van der Waals surface area contributed by atoms with E-state index in [1.807, 2.05) is 36.1 Å². The average Bonchev–Trinajstić information content (AvgIpc) is 2.52. The van der Waals surface area contributed by atoms with Crippen LogP contribution in [0.1, 0.15) is 18.9 Å². The average molecular weight is 307 g/mol. The Bertz CT molecular complexity index is 521. The topological polar surface area (TPSA) is 67.6 Å². The van der Waals surface area contributed by atoms with E-state index in [4.69, 9.17) is 22.7 Å². The van der Waals surface area contributed by atoms with Crippen LogP contribution in [0.4, 0.5) is 5.69 Å². The summed E-state index contributed by atoms with van der Waals surface area (Å²) in [6.07, 6.45) is 0.906. The third kappa shape index (κ3) is 3.71. The summed E-state index contributed by atoms with van der Waals surface area (Å²) in [5.41, 5.74) is 7.48. The fourth-order valence-corrected chi connectivity index (χ4v) is 2.58. The molecule has 1 amide bonds. The van der Waals surface area contributed by atoms with Crippen molar-refractivity contribution >= 4 is 28.8 Å². The second kappa shape index (κ2) is 7.38. The molecule has 1 fully saturated rings. The molecule has 1 aromatic carbocycles. The first-order chi connectivity index (χ1) is 10.1. The summed E-state index contributed by atoms with van der Waals surface area (Å²) in [5, 5.41) is 2.93. The fourth-order valence-electron chi connectivity index (χ4n) is 2.41. The van der Waals surface area contributed by atoms with Crippen LogP contribution in [0.2, 0.25) is 0 Å². The quantitative estimate of drug-likeness (QED) is 0.796. The molecule has 2 rings (SSSR count). The van der Waals surface area contributed by atoms with E-state index in [2.05, 4.69) is 5.32 Å². The maximum Gasteiger partial charge on any atom is 0.245 e. The zero-order chi connectivity index (χ0) is 15.2. The maximum absolute atomic E-state index is 12.3. The van der Waals surface area contributed by atoms with Crippen LogP contribution >= 0.6 is 12.2 Å². The number of hydrogen-bond acceptors (Lipinski definition) is 4. The number of thiocarbonyl (C=S) groups is 1. The molecule has 3 N–H and O–H groups in total. The van der Waals surface area contributed by atoms with Gasteiger partial charge in [0.25, 0.3) is 0 Å². The number of para-hydroxylation sites is 1. The number of hydrogen-bond donors (Lipinski definition) is 2. The maximum atomic E-state index is 12.3. The van der Waals surface area contributed by atoms with Gasteiger partial charge in [-0.3, -0.25) is 4.79 Å². The summed E-state index contributed by atoms with van der Waals surface area (Å²) in [6.45, 7) is 4.30. The minimum atomic E-state index is -0.346. The van der Waals surface area contributed by atoms with E-state index in [0.29, 0.717) is 31.3 Å². The largest absolute Gasteiger partial charge is 0.389 e. The lowest BCUT2D eigenvalue weighted by atomic mass is 10.1. The molecule has 1 aromatic rings. The number of nitrogens with one attached hydrogen (secondary N) is 1. The highest BCUT2D eigenvalue weighted by atomic mass is 32.1. The minimum Gasteiger partial charge on any atom is -0.389 e. The van der Waals surface area contributed by atoms with Gasteiger partial charge in [0.1, 0.15) is 11.0 Å². The molecule has 21 heavy (non-hydrogen) atoms. The predicted molar refractivity (Wildman–Crippen MR) is 87.6 cm³/mol. The first-order valence-corrected chi connectivity index (χ1v) is 7.57. The Morgan fingerprint density at radius 3 is 3.00 bits per heavy atom. The van der Waals surface area contributed by atoms with Gasteiger partial charge >= 0.3 is 0 Å². The summed E-state index contributed by atoms with van der Waals surface area (Å²) < 4.78 is 5.47. The van der Waals surface area contributed by atoms with Gasteiger partial charge in [-0.05, 0) is 18.6 Å². The van der Waals surface area contributed by atoms with Crippen LogP contribution in [0.5, 0.6) is 0 Å². The van der Waals surface area contributed by atoms with E-state index in [1.54, 1.807) is 0 Å². The lowest BCUT2D eigenvalue weighted by Gasteiger charge is -2.37. The van der Waals surface area contributed by atoms with E-state index >= 15 is 0 Å². The molecule has 0 aliphatic carbocycles. The Hall–Kier alpha value is -1.66. The molecule has 1 unspecified atom stereocenters. The van der Waals surface area contributed by atoms with Crippen molar-refractivity contribution < 1.29 is 9.53 Å². The van der Waals surface area contributed by atoms with Crippen molar-refractivity contribution in [1.82, 2.24) is 5.32 Å². The Morgan fingerprint density at radius 1 is 1.52 bits per heavy atom. The molecular formula is C15H21N3O2S. The summed E-state index contributed by atoms with van der Waals surface area (Å²) in [6, 6.07) is 7.30. The SMILES string of the molecule is CCCNC(=O)C1COCCN1c1ccccc1C(N)=S. The smallest absolute Gasteiger partial charge is 0.245 e. The molecule has 6 heteroatoms. The third-order valence-corrected chi connectivity index (χ3v) is 3.68. The Kier molecular flexibility index (Phi) is 5.52. The molecule has 1 aliphatic heterocycles. The molecule has 0 bridgehead atoms. The number of morpholine rings is 1. The van der Waals surface area contributed by atoms with Gasteiger partial charge in [-0.25, -0.2) is 0 Å². The number of carbonyl (C=O) groups is 1. The molecule has 1 heterocycles. The second-order valence-electron chi connectivity index (χ2n) is 4.96. The number of ether oxygens (including phenoxy) is 1. The first kappa shape index (κ1) is 15.7. The van der Waals surface area contributed by atoms with Crippen LogP contribution in [0.3, 0.4) is 0 Å². The van der Waals surface area contributed by atoms with Crippen molar-refractivity contribution in [2.75, 3.05) is 31.2 Å². The summed E-state index contributed by atoms with van der Waals surface area (Å²) in [4.78, 5) is 14.7. The van der Waals surface area contributed by atoms with Crippen molar-refractivity contribution in [3.8, 4) is 0 Å². The molecule has 0 saturated carbocycles. The minimum absolute atomic E-state index is 0.0192. The number of carbonyl (C=O) groups excluding carboxylic acids is 1. The van der Waals surface area contributed by atoms with Gasteiger partial charge in [-0.1, -0.05) is 31.3 Å². The van der Waals surface area contributed by atoms with E-state index in [1.165, 1.54) is 0 Å². The summed E-state index contributed by atoms with van der Waals surface area (Å²) >= 11 is 5.11. The van der Waals surface area contributed by atoms with Crippen LogP contribution < -0.4 is 16.0 Å². The van der Waals surface area contributed by atoms with Crippen molar-refractivity contribution in [1.29, 1.82) is 0 Å². The molecule has 1 saturated heterocycles. The molecule has 1 aliphatic rings. The molecule has 0 radical (unpaired) electrons. The van der Waals surface area contributed by atoms with Gasteiger partial charge in [0.15, 0.2) is 0 Å². The summed E-state index contributed by atoms with van der Waals surface area (Å²) in [7, 11) is 0. The van der Waals surface area contributed by atoms with E-state index in [-0.39, 0.29) is 11.9 Å². The number of benzene rings is 1. The second-order valence-corrected chi connectivity index (χ2v) is 5.40. The van der Waals surface area contributed by atoms with Crippen molar-refractivity contribution in [3.63, 3.8) is 0 Å². The number of amides is 1. The molecule has 0 aromatic heterocycles. The van der Waals surface area contributed by atoms with Crippen molar-refractivity contribution in [3.05, 3.63) is 29.8 Å².